The van der Waals surface area contributed by atoms with Crippen LogP contribution in [0.15, 0.2) is 23.1 Å². The summed E-state index contributed by atoms with van der Waals surface area (Å²) in [5, 5.41) is 19.6. The molecule has 94 valence electrons. The summed E-state index contributed by atoms with van der Waals surface area (Å²) in [5.74, 6) is 0. The van der Waals surface area contributed by atoms with E-state index in [1.807, 2.05) is 0 Å². The fourth-order valence-corrected chi connectivity index (χ4v) is 2.35. The van der Waals surface area contributed by atoms with Crippen LogP contribution in [0.3, 0.4) is 0 Å². The van der Waals surface area contributed by atoms with E-state index in [2.05, 4.69) is 0 Å². The number of hydrogen-bond acceptors (Lipinski definition) is 5. The van der Waals surface area contributed by atoms with Gasteiger partial charge in [-0.25, -0.2) is 12.7 Å². The fraction of sp³-hybridized carbons (Fsp3) is 0.333. The molecule has 0 atom stereocenters. The average molecular weight is 260 g/mol. The third kappa shape index (κ3) is 2.60. The van der Waals surface area contributed by atoms with Crippen molar-refractivity contribution in [3.63, 3.8) is 0 Å². The van der Waals surface area contributed by atoms with Crippen LogP contribution in [0, 0.1) is 10.1 Å². The van der Waals surface area contributed by atoms with E-state index in [9.17, 15) is 18.5 Å². The first-order valence-corrected chi connectivity index (χ1v) is 6.05. The van der Waals surface area contributed by atoms with Gasteiger partial charge in [0, 0.05) is 26.2 Å². The molecule has 0 heterocycles. The minimum atomic E-state index is -3.81. The lowest BCUT2D eigenvalue weighted by atomic mass is 10.2. The molecule has 1 aromatic carbocycles. The number of aliphatic hydroxyl groups is 1. The molecule has 0 aliphatic rings. The highest BCUT2D eigenvalue weighted by molar-refractivity contribution is 7.89. The van der Waals surface area contributed by atoms with Crippen LogP contribution in [0.2, 0.25) is 0 Å². The lowest BCUT2D eigenvalue weighted by Gasteiger charge is -2.13. The number of nitro groups is 1. The number of non-ortho nitro benzene ring substituents is 1. The molecule has 0 saturated carbocycles. The van der Waals surface area contributed by atoms with Gasteiger partial charge in [0.1, 0.15) is 0 Å². The Morgan fingerprint density at radius 2 is 2.00 bits per heavy atom. The quantitative estimate of drug-likeness (QED) is 0.621. The number of aliphatic hydroxyl groups excluding tert-OH is 1. The number of hydrogen-bond donors (Lipinski definition) is 1. The standard InChI is InChI=1S/C9H12N2O5S/c1-10(2)17(15,16)9-5-8(11(13)14)4-3-7(9)6-12/h3-5,12H,6H2,1-2H3. The molecule has 8 heteroatoms. The summed E-state index contributed by atoms with van der Waals surface area (Å²) in [6, 6.07) is 3.33. The Morgan fingerprint density at radius 3 is 2.41 bits per heavy atom. The summed E-state index contributed by atoms with van der Waals surface area (Å²) >= 11 is 0. The number of sulfonamides is 1. The molecule has 0 aliphatic carbocycles. The third-order valence-corrected chi connectivity index (χ3v) is 4.09. The van der Waals surface area contributed by atoms with Crippen molar-refractivity contribution in [1.29, 1.82) is 0 Å². The zero-order valence-corrected chi connectivity index (χ0v) is 10.1. The van der Waals surface area contributed by atoms with Crippen molar-refractivity contribution in [3.8, 4) is 0 Å². The molecule has 0 amide bonds. The van der Waals surface area contributed by atoms with Crippen molar-refractivity contribution >= 4 is 15.7 Å². The van der Waals surface area contributed by atoms with E-state index < -0.39 is 21.6 Å². The van der Waals surface area contributed by atoms with Crippen LogP contribution >= 0.6 is 0 Å². The van der Waals surface area contributed by atoms with Gasteiger partial charge in [-0.15, -0.1) is 0 Å². The van der Waals surface area contributed by atoms with Gasteiger partial charge in [0.25, 0.3) is 5.69 Å². The summed E-state index contributed by atoms with van der Waals surface area (Å²) in [5.41, 5.74) is -0.202. The van der Waals surface area contributed by atoms with Crippen molar-refractivity contribution in [3.05, 3.63) is 33.9 Å². The van der Waals surface area contributed by atoms with Gasteiger partial charge in [-0.2, -0.15) is 0 Å². The van der Waals surface area contributed by atoms with Crippen LogP contribution in [0.25, 0.3) is 0 Å². The van der Waals surface area contributed by atoms with E-state index in [0.29, 0.717) is 0 Å². The molecule has 1 rings (SSSR count). The average Bonchev–Trinajstić information content (AvgIpc) is 2.27. The molecular weight excluding hydrogens is 248 g/mol. The van der Waals surface area contributed by atoms with Crippen molar-refractivity contribution in [2.24, 2.45) is 0 Å². The smallest absolute Gasteiger partial charge is 0.270 e. The van der Waals surface area contributed by atoms with E-state index in [4.69, 9.17) is 5.11 Å². The maximum atomic E-state index is 11.9. The number of benzene rings is 1. The maximum Gasteiger partial charge on any atom is 0.270 e. The Morgan fingerprint density at radius 1 is 1.41 bits per heavy atom. The van der Waals surface area contributed by atoms with Crippen molar-refractivity contribution in [1.82, 2.24) is 4.31 Å². The van der Waals surface area contributed by atoms with E-state index >= 15 is 0 Å². The predicted octanol–water partition coefficient (Wildman–Crippen LogP) is 0.337. The Labute approximate surface area is 98.5 Å². The summed E-state index contributed by atoms with van der Waals surface area (Å²) in [7, 11) is -1.18. The van der Waals surface area contributed by atoms with E-state index in [1.54, 1.807) is 0 Å². The zero-order valence-electron chi connectivity index (χ0n) is 9.32. The van der Waals surface area contributed by atoms with Crippen molar-refractivity contribution in [2.45, 2.75) is 11.5 Å². The second-order valence-corrected chi connectivity index (χ2v) is 5.61. The highest BCUT2D eigenvalue weighted by Crippen LogP contribution is 2.24. The molecule has 0 aliphatic heterocycles. The lowest BCUT2D eigenvalue weighted by Crippen LogP contribution is -2.23. The second kappa shape index (κ2) is 4.78. The van der Waals surface area contributed by atoms with Crippen molar-refractivity contribution in [2.75, 3.05) is 14.1 Å². The first-order valence-electron chi connectivity index (χ1n) is 4.61. The van der Waals surface area contributed by atoms with E-state index in [-0.39, 0.29) is 16.1 Å². The molecule has 0 bridgehead atoms. The topological polar surface area (TPSA) is 101 Å². The molecule has 0 unspecified atom stereocenters. The number of nitrogens with zero attached hydrogens (tertiary/aromatic N) is 2. The molecule has 0 spiro atoms. The number of rotatable bonds is 4. The van der Waals surface area contributed by atoms with Gasteiger partial charge in [0.2, 0.25) is 10.0 Å². The van der Waals surface area contributed by atoms with Crippen molar-refractivity contribution < 1.29 is 18.4 Å². The highest BCUT2D eigenvalue weighted by atomic mass is 32.2. The minimum Gasteiger partial charge on any atom is -0.392 e. The Balaban J connectivity index is 3.49. The van der Waals surface area contributed by atoms with Gasteiger partial charge in [0.15, 0.2) is 0 Å². The minimum absolute atomic E-state index is 0.129. The number of nitro benzene ring substituents is 1. The fourth-order valence-electron chi connectivity index (χ4n) is 1.22. The first kappa shape index (κ1) is 13.6. The van der Waals surface area contributed by atoms with Crippen LogP contribution in [0.4, 0.5) is 5.69 Å². The summed E-state index contributed by atoms with van der Waals surface area (Å²) in [4.78, 5) is 9.65. The lowest BCUT2D eigenvalue weighted by molar-refractivity contribution is -0.385. The van der Waals surface area contributed by atoms with Crippen LogP contribution in [-0.2, 0) is 16.6 Å². The van der Waals surface area contributed by atoms with Gasteiger partial charge in [-0.05, 0) is 11.6 Å². The van der Waals surface area contributed by atoms with Gasteiger partial charge in [-0.3, -0.25) is 10.1 Å². The van der Waals surface area contributed by atoms with Gasteiger partial charge in [0.05, 0.1) is 16.4 Å². The SMILES string of the molecule is CN(C)S(=O)(=O)c1cc([N+](=O)[O-])ccc1CO. The molecule has 17 heavy (non-hydrogen) atoms. The van der Waals surface area contributed by atoms with Crippen LogP contribution in [0.1, 0.15) is 5.56 Å². The Kier molecular flexibility index (Phi) is 3.81. The monoisotopic (exact) mass is 260 g/mol. The molecule has 0 aromatic heterocycles. The van der Waals surface area contributed by atoms with Gasteiger partial charge >= 0.3 is 0 Å². The highest BCUT2D eigenvalue weighted by Gasteiger charge is 2.23. The molecule has 1 aromatic rings. The molecular formula is C9H12N2O5S. The molecule has 1 N–H and O–H groups in total. The van der Waals surface area contributed by atoms with E-state index in [0.717, 1.165) is 16.4 Å². The normalized spacial score (nSPS) is 11.8. The van der Waals surface area contributed by atoms with Crippen LogP contribution in [0.5, 0.6) is 0 Å². The zero-order chi connectivity index (χ0) is 13.2. The Hall–Kier alpha value is -1.51. The first-order chi connectivity index (χ1) is 7.80. The second-order valence-electron chi connectivity index (χ2n) is 3.49. The largest absolute Gasteiger partial charge is 0.392 e. The Bertz CT molecular complexity index is 538. The van der Waals surface area contributed by atoms with Gasteiger partial charge in [-0.1, -0.05) is 0 Å². The predicted molar refractivity (Wildman–Crippen MR) is 59.9 cm³/mol. The van der Waals surface area contributed by atoms with Crippen LogP contribution < -0.4 is 0 Å². The molecule has 7 nitrogen and oxygen atoms in total. The summed E-state index contributed by atoms with van der Waals surface area (Å²) < 4.78 is 24.7. The van der Waals surface area contributed by atoms with Gasteiger partial charge < -0.3 is 5.11 Å². The van der Waals surface area contributed by atoms with E-state index in [1.165, 1.54) is 20.2 Å². The molecule has 0 fully saturated rings. The van der Waals surface area contributed by atoms with Crippen LogP contribution in [-0.4, -0.2) is 36.8 Å². The third-order valence-electron chi connectivity index (χ3n) is 2.19. The summed E-state index contributed by atoms with van der Waals surface area (Å²) in [6.45, 7) is -0.500. The summed E-state index contributed by atoms with van der Waals surface area (Å²) in [6.07, 6.45) is 0. The molecule has 0 radical (unpaired) electrons. The molecule has 0 saturated heterocycles. The maximum absolute atomic E-state index is 11.9.